The van der Waals surface area contributed by atoms with Crippen LogP contribution in [0, 0.1) is 0 Å². The second-order valence-electron chi connectivity index (χ2n) is 8.46. The van der Waals surface area contributed by atoms with Gasteiger partial charge in [-0.3, -0.25) is 9.69 Å². The lowest BCUT2D eigenvalue weighted by molar-refractivity contribution is -0.123. The van der Waals surface area contributed by atoms with E-state index >= 15 is 0 Å². The number of hydrogen-bond donors (Lipinski definition) is 1. The van der Waals surface area contributed by atoms with Crippen molar-refractivity contribution in [1.29, 1.82) is 0 Å². The molecule has 2 aliphatic rings. The van der Waals surface area contributed by atoms with Gasteiger partial charge in [0.25, 0.3) is 0 Å². The predicted molar refractivity (Wildman–Crippen MR) is 120 cm³/mol. The maximum atomic E-state index is 13.1. The van der Waals surface area contributed by atoms with Gasteiger partial charge in [0.2, 0.25) is 0 Å². The molecule has 6 heteroatoms. The molecule has 31 heavy (non-hydrogen) atoms. The number of benzene rings is 2. The van der Waals surface area contributed by atoms with Crippen molar-refractivity contribution in [3.05, 3.63) is 82.3 Å². The fraction of sp³-hybridized carbons (Fsp3) is 0.320. The van der Waals surface area contributed by atoms with Crippen molar-refractivity contribution in [3.8, 4) is 11.3 Å². The van der Waals surface area contributed by atoms with Gasteiger partial charge in [0.05, 0.1) is 17.8 Å². The van der Waals surface area contributed by atoms with Crippen LogP contribution in [-0.2, 0) is 24.2 Å². The molecular formula is C25H24ClN3O2. The van der Waals surface area contributed by atoms with Crippen LogP contribution in [0.2, 0.25) is 5.02 Å². The highest BCUT2D eigenvalue weighted by Gasteiger charge is 2.35. The van der Waals surface area contributed by atoms with Crippen molar-refractivity contribution < 1.29 is 9.90 Å². The van der Waals surface area contributed by atoms with Crippen LogP contribution in [0.4, 0.5) is 0 Å². The highest BCUT2D eigenvalue weighted by Crippen LogP contribution is 2.27. The van der Waals surface area contributed by atoms with Crippen LogP contribution in [0.3, 0.4) is 0 Å². The van der Waals surface area contributed by atoms with E-state index < -0.39 is 6.10 Å². The zero-order chi connectivity index (χ0) is 21.4. The summed E-state index contributed by atoms with van der Waals surface area (Å²) in [5, 5.41) is 10.9. The number of nitrogens with zero attached hydrogens (tertiary/aromatic N) is 3. The van der Waals surface area contributed by atoms with E-state index in [-0.39, 0.29) is 11.8 Å². The number of aliphatic hydroxyl groups excluding tert-OH is 1. The first-order valence-electron chi connectivity index (χ1n) is 10.7. The van der Waals surface area contributed by atoms with E-state index in [1.807, 2.05) is 36.4 Å². The topological polar surface area (TPSA) is 66.3 Å². The van der Waals surface area contributed by atoms with E-state index in [2.05, 4.69) is 22.0 Å². The SMILES string of the molecule is O=C1CCc2cccc(c2)-c2ccnc(n2)Cc2cc(ccc2Cl)CN2C[C@H](O)C[C@@H]12. The average Bonchev–Trinajstić information content (AvgIpc) is 3.14. The van der Waals surface area contributed by atoms with Crippen molar-refractivity contribution in [1.82, 2.24) is 14.9 Å². The summed E-state index contributed by atoms with van der Waals surface area (Å²) in [5.74, 6) is 0.909. The van der Waals surface area contributed by atoms with E-state index in [0.717, 1.165) is 33.8 Å². The molecule has 1 fully saturated rings. The van der Waals surface area contributed by atoms with Crippen LogP contribution in [0.5, 0.6) is 0 Å². The zero-order valence-corrected chi connectivity index (χ0v) is 17.9. The molecule has 0 aliphatic carbocycles. The average molecular weight is 434 g/mol. The predicted octanol–water partition coefficient (Wildman–Crippen LogP) is 3.84. The lowest BCUT2D eigenvalue weighted by atomic mass is 9.99. The largest absolute Gasteiger partial charge is 0.392 e. The Balaban J connectivity index is 1.57. The second-order valence-corrected chi connectivity index (χ2v) is 8.87. The highest BCUT2D eigenvalue weighted by molar-refractivity contribution is 6.31. The van der Waals surface area contributed by atoms with Crippen molar-refractivity contribution >= 4 is 17.4 Å². The van der Waals surface area contributed by atoms with Gasteiger partial charge in [-0.25, -0.2) is 9.97 Å². The zero-order valence-electron chi connectivity index (χ0n) is 17.2. The maximum absolute atomic E-state index is 13.1. The van der Waals surface area contributed by atoms with Gasteiger partial charge < -0.3 is 5.11 Å². The Morgan fingerprint density at radius 1 is 1.06 bits per heavy atom. The van der Waals surface area contributed by atoms with E-state index in [1.54, 1.807) is 6.20 Å². The Morgan fingerprint density at radius 3 is 2.87 bits per heavy atom. The normalized spacial score (nSPS) is 21.7. The van der Waals surface area contributed by atoms with Gasteiger partial charge in [0.15, 0.2) is 0 Å². The van der Waals surface area contributed by atoms with Gasteiger partial charge in [-0.2, -0.15) is 0 Å². The molecule has 2 atom stereocenters. The first-order chi connectivity index (χ1) is 15.0. The number of carbonyl (C=O) groups excluding carboxylic acids is 1. The molecule has 1 aromatic heterocycles. The quantitative estimate of drug-likeness (QED) is 0.583. The highest BCUT2D eigenvalue weighted by atomic mass is 35.5. The number of ketones is 1. The third kappa shape index (κ3) is 4.40. The number of aromatic nitrogens is 2. The monoisotopic (exact) mass is 433 g/mol. The summed E-state index contributed by atoms with van der Waals surface area (Å²) in [6, 6.07) is 15.8. The lowest BCUT2D eigenvalue weighted by Crippen LogP contribution is -2.35. The number of carbonyl (C=O) groups is 1. The molecule has 5 rings (SSSR count). The van der Waals surface area contributed by atoms with Crippen LogP contribution >= 0.6 is 11.6 Å². The van der Waals surface area contributed by atoms with Crippen LogP contribution in [-0.4, -0.2) is 44.4 Å². The third-order valence-electron chi connectivity index (χ3n) is 6.19. The molecule has 158 valence electrons. The summed E-state index contributed by atoms with van der Waals surface area (Å²) >= 11 is 6.49. The Bertz CT molecular complexity index is 1130. The molecule has 2 aromatic carbocycles. The Morgan fingerprint density at radius 2 is 1.97 bits per heavy atom. The first-order valence-corrected chi connectivity index (χ1v) is 11.1. The maximum Gasteiger partial charge on any atom is 0.150 e. The van der Waals surface area contributed by atoms with E-state index in [0.29, 0.717) is 43.8 Å². The van der Waals surface area contributed by atoms with Crippen LogP contribution in [0.15, 0.2) is 54.7 Å². The molecular weight excluding hydrogens is 410 g/mol. The standard InChI is InChI=1S/C25H24ClN3O2/c26-21-6-4-17-11-19(21)12-25-27-9-8-22(28-25)18-3-1-2-16(10-18)5-7-24(31)23-13-20(30)15-29(23)14-17/h1-4,6,8-11,20,23,30H,5,7,12-15H2/t20-,23+/m1/s1. The van der Waals surface area contributed by atoms with Crippen molar-refractivity contribution in [3.63, 3.8) is 0 Å². The lowest BCUT2D eigenvalue weighted by Gasteiger charge is -2.23. The Kier molecular flexibility index (Phi) is 5.57. The van der Waals surface area contributed by atoms with Gasteiger partial charge in [-0.15, -0.1) is 0 Å². The first kappa shape index (κ1) is 20.3. The summed E-state index contributed by atoms with van der Waals surface area (Å²) in [5.41, 5.74) is 5.01. The minimum absolute atomic E-state index is 0.188. The molecule has 0 saturated carbocycles. The number of rotatable bonds is 0. The van der Waals surface area contributed by atoms with Crippen LogP contribution in [0.1, 0.15) is 35.4 Å². The summed E-state index contributed by atoms with van der Waals surface area (Å²) in [7, 11) is 0. The number of aryl methyl sites for hydroxylation is 1. The fourth-order valence-corrected chi connectivity index (χ4v) is 4.81. The van der Waals surface area contributed by atoms with E-state index in [4.69, 9.17) is 16.6 Å². The third-order valence-corrected chi connectivity index (χ3v) is 6.55. The Hall–Kier alpha value is -2.60. The van der Waals surface area contributed by atoms with Gasteiger partial charge >= 0.3 is 0 Å². The van der Waals surface area contributed by atoms with Crippen LogP contribution < -0.4 is 0 Å². The summed E-state index contributed by atoms with van der Waals surface area (Å²) < 4.78 is 0. The molecule has 1 N–H and O–H groups in total. The van der Waals surface area contributed by atoms with Gasteiger partial charge in [0, 0.05) is 42.7 Å². The number of Topliss-reactive ketones (excluding diaryl/α,β-unsaturated/α-hetero) is 1. The van der Waals surface area contributed by atoms with Gasteiger partial charge in [-0.05, 0) is 47.7 Å². The van der Waals surface area contributed by atoms with Gasteiger partial charge in [-0.1, -0.05) is 41.9 Å². The van der Waals surface area contributed by atoms with Gasteiger partial charge in [0.1, 0.15) is 11.6 Å². The molecule has 6 bridgehead atoms. The van der Waals surface area contributed by atoms with E-state index in [9.17, 15) is 9.90 Å². The van der Waals surface area contributed by atoms with E-state index in [1.165, 1.54) is 0 Å². The molecule has 5 nitrogen and oxygen atoms in total. The molecule has 1 saturated heterocycles. The smallest absolute Gasteiger partial charge is 0.150 e. The molecule has 3 aromatic rings. The van der Waals surface area contributed by atoms with Crippen molar-refractivity contribution in [2.45, 2.75) is 44.4 Å². The minimum atomic E-state index is -0.471. The second kappa shape index (κ2) is 8.50. The number of hydrogen-bond acceptors (Lipinski definition) is 5. The molecule has 0 amide bonds. The summed E-state index contributed by atoms with van der Waals surface area (Å²) in [6.45, 7) is 1.11. The number of fused-ring (bicyclic) bond motifs is 8. The van der Waals surface area contributed by atoms with Crippen molar-refractivity contribution in [2.75, 3.05) is 6.54 Å². The fourth-order valence-electron chi connectivity index (χ4n) is 4.62. The number of halogens is 1. The summed E-state index contributed by atoms with van der Waals surface area (Å²) in [4.78, 5) is 24.4. The molecule has 0 unspecified atom stereocenters. The molecule has 0 spiro atoms. The minimum Gasteiger partial charge on any atom is -0.392 e. The molecule has 0 radical (unpaired) electrons. The molecule has 2 aliphatic heterocycles. The molecule has 3 heterocycles. The van der Waals surface area contributed by atoms with Crippen molar-refractivity contribution in [2.24, 2.45) is 0 Å². The number of aliphatic hydroxyl groups is 1. The summed E-state index contributed by atoms with van der Waals surface area (Å²) in [6.07, 6.45) is 3.48. The Labute approximate surface area is 186 Å². The van der Waals surface area contributed by atoms with Crippen LogP contribution in [0.25, 0.3) is 11.3 Å².